The van der Waals surface area contributed by atoms with Gasteiger partial charge in [-0.3, -0.25) is 0 Å². The highest BCUT2D eigenvalue weighted by atomic mass is 19.4. The monoisotopic (exact) mass is 302 g/mol. The van der Waals surface area contributed by atoms with E-state index in [-0.39, 0.29) is 12.4 Å². The Morgan fingerprint density at radius 2 is 2.10 bits per heavy atom. The fraction of sp³-hybridized carbons (Fsp3) is 0.429. The van der Waals surface area contributed by atoms with Gasteiger partial charge in [-0.2, -0.15) is 13.2 Å². The number of fused-ring (bicyclic) bond motifs is 1. The molecule has 0 saturated carbocycles. The third-order valence-corrected chi connectivity index (χ3v) is 3.05. The molecular formula is C14H17F3N2O2. The molecule has 2 N–H and O–H groups in total. The van der Waals surface area contributed by atoms with E-state index in [0.717, 1.165) is 16.5 Å². The quantitative estimate of drug-likeness (QED) is 0.804. The summed E-state index contributed by atoms with van der Waals surface area (Å²) in [6.07, 6.45) is -2.44. The predicted molar refractivity (Wildman–Crippen MR) is 73.3 cm³/mol. The zero-order valence-corrected chi connectivity index (χ0v) is 11.6. The number of benzene rings is 1. The molecule has 0 fully saturated rings. The summed E-state index contributed by atoms with van der Waals surface area (Å²) in [5.74, 6) is 0.189. The van der Waals surface area contributed by atoms with Gasteiger partial charge in [0.2, 0.25) is 0 Å². The van der Waals surface area contributed by atoms with Gasteiger partial charge in [-0.05, 0) is 23.8 Å². The summed E-state index contributed by atoms with van der Waals surface area (Å²) in [6, 6.07) is 4.87. The Balaban J connectivity index is 2.21. The highest BCUT2D eigenvalue weighted by Gasteiger charge is 2.28. The maximum Gasteiger partial charge on any atom is 0.422 e. The van der Waals surface area contributed by atoms with Gasteiger partial charge < -0.3 is 19.7 Å². The molecule has 0 aliphatic carbocycles. The molecule has 2 rings (SSSR count). The van der Waals surface area contributed by atoms with Crippen molar-refractivity contribution in [1.82, 2.24) is 9.88 Å². The average molecular weight is 302 g/mol. The van der Waals surface area contributed by atoms with Crippen LogP contribution in [0.2, 0.25) is 0 Å². The van der Waals surface area contributed by atoms with Crippen molar-refractivity contribution in [2.75, 3.05) is 19.8 Å². The zero-order valence-electron chi connectivity index (χ0n) is 11.6. The molecule has 21 heavy (non-hydrogen) atoms. The maximum atomic E-state index is 12.2. The number of nitrogens with one attached hydrogen (secondary N) is 1. The molecule has 0 bridgehead atoms. The van der Waals surface area contributed by atoms with Crippen molar-refractivity contribution in [3.8, 4) is 5.75 Å². The number of halogens is 3. The topological polar surface area (TPSA) is 46.4 Å². The van der Waals surface area contributed by atoms with Gasteiger partial charge in [0.05, 0.1) is 6.61 Å². The number of aryl methyl sites for hydroxylation is 1. The standard InChI is InChI=1S/C14H17F3N2O2/c1-19-8-10(7-18-4-5-20)12-6-11(2-3-13(12)19)21-9-14(15,16)17/h2-3,6,8,18,20H,4-5,7,9H2,1H3. The van der Waals surface area contributed by atoms with Crippen molar-refractivity contribution in [2.45, 2.75) is 12.7 Å². The van der Waals surface area contributed by atoms with Gasteiger partial charge in [0.1, 0.15) is 5.75 Å². The Hall–Kier alpha value is -1.73. The van der Waals surface area contributed by atoms with E-state index in [4.69, 9.17) is 9.84 Å². The molecule has 0 radical (unpaired) electrons. The van der Waals surface area contributed by atoms with E-state index in [1.165, 1.54) is 6.07 Å². The second-order valence-electron chi connectivity index (χ2n) is 4.75. The minimum Gasteiger partial charge on any atom is -0.484 e. The summed E-state index contributed by atoms with van der Waals surface area (Å²) in [5, 5.41) is 12.6. The highest BCUT2D eigenvalue weighted by molar-refractivity contribution is 5.85. The second-order valence-corrected chi connectivity index (χ2v) is 4.75. The molecule has 0 aliphatic rings. The highest BCUT2D eigenvalue weighted by Crippen LogP contribution is 2.26. The van der Waals surface area contributed by atoms with Crippen molar-refractivity contribution in [3.05, 3.63) is 30.0 Å². The smallest absolute Gasteiger partial charge is 0.422 e. The Kier molecular flexibility index (Phi) is 4.74. The first kappa shape index (κ1) is 15.7. The summed E-state index contributed by atoms with van der Waals surface area (Å²) in [7, 11) is 1.87. The Labute approximate surface area is 120 Å². The lowest BCUT2D eigenvalue weighted by molar-refractivity contribution is -0.153. The fourth-order valence-corrected chi connectivity index (χ4v) is 2.15. The number of nitrogens with zero attached hydrogens (tertiary/aromatic N) is 1. The van der Waals surface area contributed by atoms with Crippen molar-refractivity contribution >= 4 is 10.9 Å². The first-order chi connectivity index (χ1) is 9.90. The van der Waals surface area contributed by atoms with E-state index in [2.05, 4.69) is 5.32 Å². The normalized spacial score (nSPS) is 12.0. The fourth-order valence-electron chi connectivity index (χ4n) is 2.15. The minimum absolute atomic E-state index is 0.0325. The van der Waals surface area contributed by atoms with Crippen LogP contribution in [0.1, 0.15) is 5.56 Å². The van der Waals surface area contributed by atoms with Crippen LogP contribution in [0.3, 0.4) is 0 Å². The Morgan fingerprint density at radius 3 is 2.76 bits per heavy atom. The number of alkyl halides is 3. The lowest BCUT2D eigenvalue weighted by atomic mass is 10.1. The first-order valence-electron chi connectivity index (χ1n) is 6.50. The summed E-state index contributed by atoms with van der Waals surface area (Å²) >= 11 is 0. The van der Waals surface area contributed by atoms with Gasteiger partial charge in [0.15, 0.2) is 6.61 Å². The lowest BCUT2D eigenvalue weighted by Gasteiger charge is -2.09. The maximum absolute atomic E-state index is 12.2. The minimum atomic E-state index is -4.35. The lowest BCUT2D eigenvalue weighted by Crippen LogP contribution is -2.19. The summed E-state index contributed by atoms with van der Waals surface area (Å²) in [6.45, 7) is -0.282. The number of aromatic nitrogens is 1. The van der Waals surface area contributed by atoms with E-state index in [0.29, 0.717) is 13.1 Å². The van der Waals surface area contributed by atoms with E-state index in [9.17, 15) is 13.2 Å². The average Bonchev–Trinajstić information content (AvgIpc) is 2.73. The number of rotatable bonds is 6. The number of hydrogen-bond acceptors (Lipinski definition) is 3. The van der Waals surface area contributed by atoms with Gasteiger partial charge >= 0.3 is 6.18 Å². The van der Waals surface area contributed by atoms with Gasteiger partial charge in [0.25, 0.3) is 0 Å². The van der Waals surface area contributed by atoms with Gasteiger partial charge in [-0.25, -0.2) is 0 Å². The number of ether oxygens (including phenoxy) is 1. The molecule has 0 saturated heterocycles. The zero-order chi connectivity index (χ0) is 15.5. The van der Waals surface area contributed by atoms with Crippen LogP contribution < -0.4 is 10.1 Å². The van der Waals surface area contributed by atoms with Crippen LogP contribution in [0, 0.1) is 0 Å². The van der Waals surface area contributed by atoms with Crippen LogP contribution in [0.4, 0.5) is 13.2 Å². The molecule has 0 atom stereocenters. The summed E-state index contributed by atoms with van der Waals surface area (Å²) in [5.41, 5.74) is 1.86. The molecule has 7 heteroatoms. The van der Waals surface area contributed by atoms with Crippen molar-refractivity contribution < 1.29 is 23.0 Å². The molecule has 116 valence electrons. The SMILES string of the molecule is Cn1cc(CNCCO)c2cc(OCC(F)(F)F)ccc21. The number of aliphatic hydroxyl groups excluding tert-OH is 1. The van der Waals surface area contributed by atoms with Crippen LogP contribution in [0.25, 0.3) is 10.9 Å². The van der Waals surface area contributed by atoms with Crippen LogP contribution in [0.5, 0.6) is 5.75 Å². The number of aliphatic hydroxyl groups is 1. The Morgan fingerprint density at radius 1 is 1.33 bits per heavy atom. The van der Waals surface area contributed by atoms with Gasteiger partial charge in [-0.1, -0.05) is 0 Å². The molecule has 1 aromatic heterocycles. The molecule has 0 spiro atoms. The van der Waals surface area contributed by atoms with E-state index < -0.39 is 12.8 Å². The molecule has 0 aliphatic heterocycles. The van der Waals surface area contributed by atoms with Crippen molar-refractivity contribution in [2.24, 2.45) is 7.05 Å². The van der Waals surface area contributed by atoms with E-state index in [1.807, 2.05) is 17.8 Å². The molecule has 1 heterocycles. The van der Waals surface area contributed by atoms with Crippen LogP contribution in [-0.4, -0.2) is 35.6 Å². The second kappa shape index (κ2) is 6.36. The van der Waals surface area contributed by atoms with Crippen LogP contribution in [-0.2, 0) is 13.6 Å². The van der Waals surface area contributed by atoms with Crippen molar-refractivity contribution in [3.63, 3.8) is 0 Å². The molecule has 1 aromatic carbocycles. The van der Waals surface area contributed by atoms with Crippen molar-refractivity contribution in [1.29, 1.82) is 0 Å². The summed E-state index contributed by atoms with van der Waals surface area (Å²) in [4.78, 5) is 0. The van der Waals surface area contributed by atoms with Crippen LogP contribution >= 0.6 is 0 Å². The number of hydrogen-bond donors (Lipinski definition) is 2. The summed E-state index contributed by atoms with van der Waals surface area (Å²) < 4.78 is 43.2. The molecular weight excluding hydrogens is 285 g/mol. The van der Waals surface area contributed by atoms with E-state index in [1.54, 1.807) is 12.1 Å². The predicted octanol–water partition coefficient (Wildman–Crippen LogP) is 2.20. The third kappa shape index (κ3) is 4.12. The van der Waals surface area contributed by atoms with Gasteiger partial charge in [-0.15, -0.1) is 0 Å². The molecule has 0 amide bonds. The van der Waals surface area contributed by atoms with Crippen LogP contribution in [0.15, 0.2) is 24.4 Å². The third-order valence-electron chi connectivity index (χ3n) is 3.05. The largest absolute Gasteiger partial charge is 0.484 e. The molecule has 2 aromatic rings. The molecule has 0 unspecified atom stereocenters. The first-order valence-corrected chi connectivity index (χ1v) is 6.50. The van der Waals surface area contributed by atoms with Gasteiger partial charge in [0, 0.05) is 37.2 Å². The van der Waals surface area contributed by atoms with E-state index >= 15 is 0 Å². The Bertz CT molecular complexity index is 608. The molecule has 4 nitrogen and oxygen atoms in total.